The van der Waals surface area contributed by atoms with Crippen molar-refractivity contribution in [2.75, 3.05) is 0 Å². The number of carbonyl (C=O) groups excluding carboxylic acids is 2. The summed E-state index contributed by atoms with van der Waals surface area (Å²) in [4.78, 5) is 23.8. The van der Waals surface area contributed by atoms with E-state index in [1.807, 2.05) is 0 Å². The van der Waals surface area contributed by atoms with Gasteiger partial charge < -0.3 is 4.74 Å². The van der Waals surface area contributed by atoms with E-state index < -0.39 is 0 Å². The third-order valence-corrected chi connectivity index (χ3v) is 8.50. The van der Waals surface area contributed by atoms with Crippen LogP contribution < -0.4 is 0 Å². The molecule has 3 saturated carbocycles. The van der Waals surface area contributed by atoms with E-state index in [4.69, 9.17) is 4.74 Å². The molecule has 3 aliphatic carbocycles. The molecular weight excluding hydrogens is 384 g/mol. The molecule has 0 spiro atoms. The van der Waals surface area contributed by atoms with Crippen molar-refractivity contribution in [1.82, 2.24) is 0 Å². The fourth-order valence-corrected chi connectivity index (χ4v) is 6.88. The first-order valence-electron chi connectivity index (χ1n) is 12.8. The Morgan fingerprint density at radius 2 is 1.90 bits per heavy atom. The smallest absolute Gasteiger partial charge is 0.302 e. The van der Waals surface area contributed by atoms with Crippen LogP contribution in [0.4, 0.5) is 0 Å². The minimum absolute atomic E-state index is 0.140. The number of hydrogen-bond donors (Lipinski definition) is 0. The second kappa shape index (κ2) is 10.5. The number of carbonyl (C=O) groups is 2. The number of esters is 1. The monoisotopic (exact) mass is 428 g/mol. The molecule has 3 fully saturated rings. The van der Waals surface area contributed by atoms with E-state index in [2.05, 4.69) is 39.8 Å². The van der Waals surface area contributed by atoms with Crippen LogP contribution in [0, 0.1) is 29.1 Å². The Balaban J connectivity index is 1.69. The Kier molecular flexibility index (Phi) is 8.21. The summed E-state index contributed by atoms with van der Waals surface area (Å²) in [6.45, 7) is 11.2. The lowest BCUT2D eigenvalue weighted by molar-refractivity contribution is -0.148. The van der Waals surface area contributed by atoms with Gasteiger partial charge in [-0.05, 0) is 73.2 Å². The molecule has 31 heavy (non-hydrogen) atoms. The maximum atomic E-state index is 12.4. The van der Waals surface area contributed by atoms with E-state index in [0.29, 0.717) is 30.6 Å². The number of ether oxygens (including phenoxy) is 1. The second-order valence-corrected chi connectivity index (χ2v) is 11.2. The van der Waals surface area contributed by atoms with Gasteiger partial charge in [0.1, 0.15) is 6.10 Å². The van der Waals surface area contributed by atoms with E-state index in [1.54, 1.807) is 5.57 Å². The molecule has 0 heterocycles. The summed E-state index contributed by atoms with van der Waals surface area (Å²) >= 11 is 0. The van der Waals surface area contributed by atoms with Crippen LogP contribution in [-0.2, 0) is 14.3 Å². The molecule has 3 heteroatoms. The zero-order valence-electron chi connectivity index (χ0n) is 20.5. The lowest BCUT2D eigenvalue weighted by Crippen LogP contribution is -2.36. The highest BCUT2D eigenvalue weighted by atomic mass is 16.5. The van der Waals surface area contributed by atoms with Gasteiger partial charge in [0, 0.05) is 19.8 Å². The molecule has 0 N–H and O–H groups in total. The molecule has 0 aromatic rings. The zero-order chi connectivity index (χ0) is 22.6. The first kappa shape index (κ1) is 24.3. The van der Waals surface area contributed by atoms with Gasteiger partial charge in [-0.1, -0.05) is 64.7 Å². The van der Waals surface area contributed by atoms with Crippen LogP contribution in [0.5, 0.6) is 0 Å². The SMILES string of the molecule is CC(=O)O[C@H]1CCC(=O)/C(=C\C=C2/CCC[C@]3(C)[C@@H]([C@H](C)CCCC(C)C)CC[C@@H]23)C1. The Morgan fingerprint density at radius 1 is 1.13 bits per heavy atom. The molecule has 5 atom stereocenters. The Labute approximate surface area is 190 Å². The molecule has 0 radical (unpaired) electrons. The molecule has 3 nitrogen and oxygen atoms in total. The molecule has 3 aliphatic rings. The van der Waals surface area contributed by atoms with Crippen LogP contribution in [0.15, 0.2) is 23.3 Å². The number of rotatable bonds is 7. The van der Waals surface area contributed by atoms with Crippen LogP contribution in [0.2, 0.25) is 0 Å². The predicted octanol–water partition coefficient (Wildman–Crippen LogP) is 7.20. The molecule has 3 rings (SSSR count). The van der Waals surface area contributed by atoms with Crippen molar-refractivity contribution in [3.05, 3.63) is 23.3 Å². The van der Waals surface area contributed by atoms with Crippen molar-refractivity contribution in [3.63, 3.8) is 0 Å². The average Bonchev–Trinajstić information content (AvgIpc) is 3.05. The van der Waals surface area contributed by atoms with Crippen molar-refractivity contribution < 1.29 is 14.3 Å². The van der Waals surface area contributed by atoms with Crippen LogP contribution in [0.3, 0.4) is 0 Å². The highest BCUT2D eigenvalue weighted by Crippen LogP contribution is 2.59. The minimum atomic E-state index is -0.250. The van der Waals surface area contributed by atoms with Crippen molar-refractivity contribution >= 4 is 11.8 Å². The van der Waals surface area contributed by atoms with E-state index in [9.17, 15) is 9.59 Å². The summed E-state index contributed by atoms with van der Waals surface area (Å²) < 4.78 is 5.38. The molecule has 0 unspecified atom stereocenters. The van der Waals surface area contributed by atoms with Crippen LogP contribution >= 0.6 is 0 Å². The Hall–Kier alpha value is -1.38. The van der Waals surface area contributed by atoms with Crippen molar-refractivity contribution in [2.45, 2.75) is 111 Å². The fraction of sp³-hybridized carbons (Fsp3) is 0.786. The molecular formula is C28H44O3. The fourth-order valence-electron chi connectivity index (χ4n) is 6.88. The maximum absolute atomic E-state index is 12.4. The van der Waals surface area contributed by atoms with Crippen molar-refractivity contribution in [2.24, 2.45) is 29.1 Å². The lowest BCUT2D eigenvalue weighted by atomic mass is 9.60. The van der Waals surface area contributed by atoms with Gasteiger partial charge in [-0.2, -0.15) is 0 Å². The van der Waals surface area contributed by atoms with Gasteiger partial charge in [0.2, 0.25) is 0 Å². The first-order valence-corrected chi connectivity index (χ1v) is 12.8. The highest BCUT2D eigenvalue weighted by Gasteiger charge is 2.50. The third kappa shape index (κ3) is 5.90. The van der Waals surface area contributed by atoms with Crippen LogP contribution in [-0.4, -0.2) is 17.9 Å². The number of allylic oxidation sites excluding steroid dienone is 3. The Bertz CT molecular complexity index is 716. The molecule has 174 valence electrons. The van der Waals surface area contributed by atoms with Crippen molar-refractivity contribution in [1.29, 1.82) is 0 Å². The van der Waals surface area contributed by atoms with E-state index in [-0.39, 0.29) is 17.9 Å². The quantitative estimate of drug-likeness (QED) is 0.318. The maximum Gasteiger partial charge on any atom is 0.302 e. The predicted molar refractivity (Wildman–Crippen MR) is 127 cm³/mol. The van der Waals surface area contributed by atoms with Gasteiger partial charge >= 0.3 is 5.97 Å². The molecule has 0 bridgehead atoms. The summed E-state index contributed by atoms with van der Waals surface area (Å²) in [7, 11) is 0. The summed E-state index contributed by atoms with van der Waals surface area (Å²) in [5.74, 6) is 3.07. The van der Waals surface area contributed by atoms with Crippen molar-refractivity contribution in [3.8, 4) is 0 Å². The van der Waals surface area contributed by atoms with Gasteiger partial charge in [0.15, 0.2) is 5.78 Å². The Morgan fingerprint density at radius 3 is 2.61 bits per heavy atom. The standard InChI is InChI=1S/C28H44O3/c1-19(2)8-6-9-20(3)25-14-15-26-22(10-7-17-28(25,26)5)11-12-23-18-24(31-21(4)29)13-16-27(23)30/h11-12,19-20,24-26H,6-10,13-18H2,1-5H3/b22-11+,23-12-/t20-,24+,25-,26+,28-/m1/s1. The summed E-state index contributed by atoms with van der Waals surface area (Å²) in [5, 5.41) is 0. The molecule has 0 aromatic heterocycles. The van der Waals surface area contributed by atoms with Gasteiger partial charge in [0.05, 0.1) is 0 Å². The van der Waals surface area contributed by atoms with Gasteiger partial charge in [-0.25, -0.2) is 0 Å². The zero-order valence-corrected chi connectivity index (χ0v) is 20.5. The molecule has 0 aromatic carbocycles. The largest absolute Gasteiger partial charge is 0.462 e. The highest BCUT2D eigenvalue weighted by molar-refractivity contribution is 5.96. The van der Waals surface area contributed by atoms with Crippen LogP contribution in [0.25, 0.3) is 0 Å². The molecule has 0 amide bonds. The number of hydrogen-bond acceptors (Lipinski definition) is 3. The molecule has 0 aliphatic heterocycles. The van der Waals surface area contributed by atoms with Gasteiger partial charge in [-0.3, -0.25) is 9.59 Å². The number of Topliss-reactive ketones (excluding diaryl/α,β-unsaturated/α-hetero) is 1. The molecule has 0 saturated heterocycles. The van der Waals surface area contributed by atoms with Crippen LogP contribution in [0.1, 0.15) is 105 Å². The summed E-state index contributed by atoms with van der Waals surface area (Å²) in [6.07, 6.45) is 16.4. The first-order chi connectivity index (χ1) is 14.7. The summed E-state index contributed by atoms with van der Waals surface area (Å²) in [6, 6.07) is 0. The summed E-state index contributed by atoms with van der Waals surface area (Å²) in [5.41, 5.74) is 2.81. The van der Waals surface area contributed by atoms with Gasteiger partial charge in [-0.15, -0.1) is 0 Å². The normalized spacial score (nSPS) is 34.9. The van der Waals surface area contributed by atoms with Gasteiger partial charge in [0.25, 0.3) is 0 Å². The number of ketones is 1. The van der Waals surface area contributed by atoms with E-state index >= 15 is 0 Å². The third-order valence-electron chi connectivity index (χ3n) is 8.50. The average molecular weight is 429 g/mol. The lowest BCUT2D eigenvalue weighted by Gasteiger charge is -2.44. The topological polar surface area (TPSA) is 43.4 Å². The number of fused-ring (bicyclic) bond motifs is 1. The van der Waals surface area contributed by atoms with E-state index in [1.165, 1.54) is 58.3 Å². The van der Waals surface area contributed by atoms with E-state index in [0.717, 1.165) is 23.3 Å². The second-order valence-electron chi connectivity index (χ2n) is 11.2. The minimum Gasteiger partial charge on any atom is -0.462 e.